The summed E-state index contributed by atoms with van der Waals surface area (Å²) in [7, 11) is 1.64. The van der Waals surface area contributed by atoms with Gasteiger partial charge in [-0.05, 0) is 18.2 Å². The Morgan fingerprint density at radius 1 is 1.53 bits per heavy atom. The SMILES string of the molecule is COc1ccc(-c2cs[c]n2)cc1CN. The van der Waals surface area contributed by atoms with Gasteiger partial charge < -0.3 is 10.5 Å². The smallest absolute Gasteiger partial charge is 0.152 e. The van der Waals surface area contributed by atoms with Gasteiger partial charge in [-0.25, -0.2) is 4.98 Å². The number of ether oxygens (including phenoxy) is 1. The molecule has 15 heavy (non-hydrogen) atoms. The lowest BCUT2D eigenvalue weighted by molar-refractivity contribution is 0.410. The largest absolute Gasteiger partial charge is 0.496 e. The van der Waals surface area contributed by atoms with Crippen molar-refractivity contribution >= 4 is 11.3 Å². The normalized spacial score (nSPS) is 10.3. The first-order valence-corrected chi connectivity index (χ1v) is 5.42. The first kappa shape index (κ1) is 10.1. The minimum Gasteiger partial charge on any atom is -0.496 e. The quantitative estimate of drug-likeness (QED) is 0.859. The molecule has 2 aromatic rings. The number of benzene rings is 1. The Balaban J connectivity index is 2.43. The van der Waals surface area contributed by atoms with Gasteiger partial charge in [0.25, 0.3) is 0 Å². The molecule has 0 spiro atoms. The number of hydrogen-bond donors (Lipinski definition) is 1. The molecule has 0 bridgehead atoms. The topological polar surface area (TPSA) is 48.1 Å². The highest BCUT2D eigenvalue weighted by Crippen LogP contribution is 2.25. The van der Waals surface area contributed by atoms with E-state index in [0.717, 1.165) is 22.6 Å². The molecule has 0 aliphatic heterocycles. The van der Waals surface area contributed by atoms with Crippen molar-refractivity contribution in [1.29, 1.82) is 0 Å². The van der Waals surface area contributed by atoms with Crippen molar-refractivity contribution in [2.24, 2.45) is 5.73 Å². The molecule has 77 valence electrons. The first-order valence-electron chi connectivity index (χ1n) is 4.54. The Labute approximate surface area is 92.5 Å². The molecule has 0 atom stereocenters. The number of methoxy groups -OCH3 is 1. The summed E-state index contributed by atoms with van der Waals surface area (Å²) in [5.74, 6) is 0.820. The number of nitrogens with two attached hydrogens (primary N) is 1. The van der Waals surface area contributed by atoms with Crippen LogP contribution in [0.3, 0.4) is 0 Å². The Morgan fingerprint density at radius 3 is 3.00 bits per heavy atom. The lowest BCUT2D eigenvalue weighted by Gasteiger charge is -2.07. The standard InChI is InChI=1S/C11H11N2OS/c1-14-11-3-2-8(4-9(11)5-12)10-6-15-7-13-10/h2-4,6H,5,12H2,1H3. The number of thiazole rings is 1. The molecule has 2 rings (SSSR count). The van der Waals surface area contributed by atoms with E-state index in [4.69, 9.17) is 10.5 Å². The van der Waals surface area contributed by atoms with Crippen LogP contribution in [0.25, 0.3) is 11.3 Å². The van der Waals surface area contributed by atoms with Gasteiger partial charge >= 0.3 is 0 Å². The van der Waals surface area contributed by atoms with Crippen LogP contribution in [0.5, 0.6) is 5.75 Å². The van der Waals surface area contributed by atoms with Crippen LogP contribution in [-0.4, -0.2) is 12.1 Å². The third kappa shape index (κ3) is 2.00. The van der Waals surface area contributed by atoms with Gasteiger partial charge in [0.05, 0.1) is 12.8 Å². The predicted octanol–water partition coefficient (Wildman–Crippen LogP) is 2.08. The van der Waals surface area contributed by atoms with E-state index in [0.29, 0.717) is 6.54 Å². The van der Waals surface area contributed by atoms with E-state index in [1.807, 2.05) is 23.6 Å². The zero-order valence-electron chi connectivity index (χ0n) is 8.36. The van der Waals surface area contributed by atoms with Crippen molar-refractivity contribution in [1.82, 2.24) is 4.98 Å². The summed E-state index contributed by atoms with van der Waals surface area (Å²) < 4.78 is 5.20. The van der Waals surface area contributed by atoms with Crippen LogP contribution in [0.2, 0.25) is 0 Å². The third-order valence-corrected chi connectivity index (χ3v) is 2.72. The lowest BCUT2D eigenvalue weighted by Crippen LogP contribution is -2.00. The Hall–Kier alpha value is -1.39. The van der Waals surface area contributed by atoms with Crippen molar-refractivity contribution < 1.29 is 4.74 Å². The van der Waals surface area contributed by atoms with Crippen LogP contribution < -0.4 is 10.5 Å². The fourth-order valence-corrected chi connectivity index (χ4v) is 1.92. The minimum atomic E-state index is 0.463. The highest BCUT2D eigenvalue weighted by Gasteiger charge is 2.05. The van der Waals surface area contributed by atoms with Crippen LogP contribution in [0.15, 0.2) is 23.6 Å². The Morgan fingerprint density at radius 2 is 2.40 bits per heavy atom. The molecule has 1 heterocycles. The molecule has 2 N–H and O–H groups in total. The summed E-state index contributed by atoms with van der Waals surface area (Å²) in [5, 5.41) is 1.96. The molecule has 0 saturated carbocycles. The molecule has 3 nitrogen and oxygen atoms in total. The average Bonchev–Trinajstić information content (AvgIpc) is 2.81. The number of aromatic nitrogens is 1. The van der Waals surface area contributed by atoms with E-state index in [-0.39, 0.29) is 0 Å². The van der Waals surface area contributed by atoms with Crippen LogP contribution in [-0.2, 0) is 6.54 Å². The van der Waals surface area contributed by atoms with E-state index < -0.39 is 0 Å². The van der Waals surface area contributed by atoms with Gasteiger partial charge in [-0.2, -0.15) is 0 Å². The van der Waals surface area contributed by atoms with Gasteiger partial charge in [0.1, 0.15) is 5.75 Å². The average molecular weight is 219 g/mol. The summed E-state index contributed by atoms with van der Waals surface area (Å²) in [6.45, 7) is 0.463. The second kappa shape index (κ2) is 4.42. The monoisotopic (exact) mass is 219 g/mol. The van der Waals surface area contributed by atoms with Gasteiger partial charge in [0.15, 0.2) is 5.51 Å². The van der Waals surface area contributed by atoms with Crippen molar-refractivity contribution in [3.63, 3.8) is 0 Å². The van der Waals surface area contributed by atoms with E-state index in [1.165, 1.54) is 11.3 Å². The van der Waals surface area contributed by atoms with Crippen LogP contribution in [0.4, 0.5) is 0 Å². The predicted molar refractivity (Wildman–Crippen MR) is 60.8 cm³/mol. The third-order valence-electron chi connectivity index (χ3n) is 2.19. The molecule has 1 aromatic carbocycles. The summed E-state index contributed by atoms with van der Waals surface area (Å²) in [4.78, 5) is 4.13. The van der Waals surface area contributed by atoms with E-state index in [2.05, 4.69) is 10.5 Å². The van der Waals surface area contributed by atoms with Gasteiger partial charge in [0.2, 0.25) is 0 Å². The lowest BCUT2D eigenvalue weighted by atomic mass is 10.1. The second-order valence-electron chi connectivity index (χ2n) is 3.05. The number of hydrogen-bond acceptors (Lipinski definition) is 4. The van der Waals surface area contributed by atoms with E-state index in [9.17, 15) is 0 Å². The molecular weight excluding hydrogens is 208 g/mol. The first-order chi connectivity index (χ1) is 7.35. The van der Waals surface area contributed by atoms with Crippen molar-refractivity contribution in [2.45, 2.75) is 6.54 Å². The van der Waals surface area contributed by atoms with E-state index in [1.54, 1.807) is 7.11 Å². The van der Waals surface area contributed by atoms with E-state index >= 15 is 0 Å². The molecular formula is C11H11N2OS. The summed E-state index contributed by atoms with van der Waals surface area (Å²) in [6.07, 6.45) is 0. The number of nitrogens with zero attached hydrogens (tertiary/aromatic N) is 1. The molecule has 0 aliphatic carbocycles. The molecule has 0 saturated heterocycles. The van der Waals surface area contributed by atoms with Crippen molar-refractivity contribution in [2.75, 3.05) is 7.11 Å². The molecule has 0 fully saturated rings. The Kier molecular flexibility index (Phi) is 2.99. The highest BCUT2D eigenvalue weighted by molar-refractivity contribution is 7.07. The maximum Gasteiger partial charge on any atom is 0.152 e. The van der Waals surface area contributed by atoms with Gasteiger partial charge in [0, 0.05) is 23.1 Å². The van der Waals surface area contributed by atoms with Crippen molar-refractivity contribution in [3.05, 3.63) is 34.7 Å². The fourth-order valence-electron chi connectivity index (χ4n) is 1.41. The highest BCUT2D eigenvalue weighted by atomic mass is 32.1. The molecule has 4 heteroatoms. The molecule has 0 aliphatic rings. The molecule has 0 amide bonds. The maximum absolute atomic E-state index is 5.64. The zero-order valence-corrected chi connectivity index (χ0v) is 9.17. The molecule has 1 aromatic heterocycles. The van der Waals surface area contributed by atoms with Gasteiger partial charge in [-0.15, -0.1) is 11.3 Å². The molecule has 0 unspecified atom stereocenters. The Bertz CT molecular complexity index is 440. The molecule has 1 radical (unpaired) electrons. The summed E-state index contributed by atoms with van der Waals surface area (Å²) in [6, 6.07) is 5.89. The minimum absolute atomic E-state index is 0.463. The summed E-state index contributed by atoms with van der Waals surface area (Å²) >= 11 is 1.46. The van der Waals surface area contributed by atoms with Crippen LogP contribution >= 0.6 is 11.3 Å². The number of rotatable bonds is 3. The van der Waals surface area contributed by atoms with Gasteiger partial charge in [-0.1, -0.05) is 0 Å². The van der Waals surface area contributed by atoms with Gasteiger partial charge in [-0.3, -0.25) is 0 Å². The van der Waals surface area contributed by atoms with Crippen LogP contribution in [0, 0.1) is 5.51 Å². The second-order valence-corrected chi connectivity index (χ2v) is 3.71. The van der Waals surface area contributed by atoms with Crippen molar-refractivity contribution in [3.8, 4) is 17.0 Å². The maximum atomic E-state index is 5.64. The zero-order chi connectivity index (χ0) is 10.7. The fraction of sp³-hybridized carbons (Fsp3) is 0.182. The van der Waals surface area contributed by atoms with Crippen LogP contribution in [0.1, 0.15) is 5.56 Å². The summed E-state index contributed by atoms with van der Waals surface area (Å²) in [5.41, 5.74) is 11.4.